The first-order valence-electron chi connectivity index (χ1n) is 10.9. The predicted molar refractivity (Wildman–Crippen MR) is 139 cm³/mol. The molecule has 0 aliphatic carbocycles. The van der Waals surface area contributed by atoms with Gasteiger partial charge in [0, 0.05) is 12.1 Å². The van der Waals surface area contributed by atoms with Crippen molar-refractivity contribution in [1.82, 2.24) is 0 Å². The second-order valence-electron chi connectivity index (χ2n) is 7.59. The lowest BCUT2D eigenvalue weighted by atomic mass is 10.0. The van der Waals surface area contributed by atoms with E-state index in [-0.39, 0.29) is 9.79 Å². The summed E-state index contributed by atoms with van der Waals surface area (Å²) in [5.41, 5.74) is 11.7. The molecule has 0 saturated carbocycles. The van der Waals surface area contributed by atoms with Crippen LogP contribution in [0.3, 0.4) is 0 Å². The Morgan fingerprint density at radius 3 is 1.11 bits per heavy atom. The summed E-state index contributed by atoms with van der Waals surface area (Å²) in [6.45, 7) is 0. The van der Waals surface area contributed by atoms with E-state index in [0.717, 1.165) is 34.0 Å². The van der Waals surface area contributed by atoms with Crippen LogP contribution in [0.2, 0.25) is 0 Å². The van der Waals surface area contributed by atoms with Gasteiger partial charge in [-0.15, -0.1) is 0 Å². The molecule has 6 N–H and O–H groups in total. The van der Waals surface area contributed by atoms with Crippen LogP contribution >= 0.6 is 0 Å². The second kappa shape index (κ2) is 13.7. The fraction of sp³-hybridized carbons (Fsp3) is 0.0769. The second-order valence-corrected chi connectivity index (χ2v) is 10.3. The van der Waals surface area contributed by atoms with E-state index >= 15 is 0 Å². The van der Waals surface area contributed by atoms with Crippen LogP contribution in [0.15, 0.2) is 107 Å². The number of rotatable bonds is 5. The fourth-order valence-corrected chi connectivity index (χ4v) is 4.00. The number of hydrogen-bond donors (Lipinski definition) is 2. The van der Waals surface area contributed by atoms with E-state index in [4.69, 9.17) is 9.47 Å². The van der Waals surface area contributed by atoms with Crippen molar-refractivity contribution in [3.63, 3.8) is 0 Å². The highest BCUT2D eigenvalue weighted by Crippen LogP contribution is 2.31. The molecule has 0 amide bonds. The van der Waals surface area contributed by atoms with Crippen LogP contribution in [0.5, 0.6) is 11.5 Å². The molecular formula is C26H28N2O8S2. The summed E-state index contributed by atoms with van der Waals surface area (Å²) in [6.07, 6.45) is 0. The van der Waals surface area contributed by atoms with E-state index in [0.29, 0.717) is 0 Å². The molecule has 0 atom stereocenters. The lowest BCUT2D eigenvalue weighted by molar-refractivity contribution is -0.257. The summed E-state index contributed by atoms with van der Waals surface area (Å²) >= 11 is 0. The monoisotopic (exact) mass is 560 g/mol. The molecule has 0 heterocycles. The Morgan fingerprint density at radius 2 is 0.868 bits per heavy atom. The quantitative estimate of drug-likeness (QED) is 0.348. The summed E-state index contributed by atoms with van der Waals surface area (Å²) in [4.78, 5) is -0.370. The maximum absolute atomic E-state index is 10.3. The minimum absolute atomic E-state index is 0.185. The molecule has 38 heavy (non-hydrogen) atoms. The molecule has 0 aliphatic heterocycles. The van der Waals surface area contributed by atoms with Crippen molar-refractivity contribution in [2.24, 2.45) is 0 Å². The van der Waals surface area contributed by atoms with E-state index in [2.05, 4.69) is 11.5 Å². The highest BCUT2D eigenvalue weighted by Gasteiger charge is 2.09. The predicted octanol–water partition coefficient (Wildman–Crippen LogP) is 2.30. The normalized spacial score (nSPS) is 10.8. The molecule has 10 nitrogen and oxygen atoms in total. The van der Waals surface area contributed by atoms with Crippen molar-refractivity contribution in [2.75, 3.05) is 14.2 Å². The number of quaternary nitrogens is 2. The molecule has 0 spiro atoms. The topological polar surface area (TPSA) is 188 Å². The zero-order valence-electron chi connectivity index (χ0n) is 20.7. The first-order valence-corrected chi connectivity index (χ1v) is 13.7. The Bertz CT molecular complexity index is 1430. The largest absolute Gasteiger partial charge is 0.744 e. The maximum Gasteiger partial charge on any atom is 0.180 e. The van der Waals surface area contributed by atoms with Gasteiger partial charge in [0.15, 0.2) is 22.9 Å². The Labute approximate surface area is 222 Å². The van der Waals surface area contributed by atoms with Crippen molar-refractivity contribution >= 4 is 31.6 Å². The summed E-state index contributed by atoms with van der Waals surface area (Å²) in [6, 6.07) is 26.2. The molecule has 0 aliphatic rings. The standard InChI is InChI=1S/C14H16N2O2.2C6H6O3S/c1-17-13-7-9(3-5-11(13)15)10-4-6-12(16)14(8-10)18-2;2*7-10(8,9)6-4-2-1-3-5-6/h3-8H,15-16H2,1-2H3;2*1-5H,(H,7,8,9). The Hall–Kier alpha value is -3.78. The molecule has 4 aromatic carbocycles. The average Bonchev–Trinajstić information content (AvgIpc) is 2.90. The van der Waals surface area contributed by atoms with Gasteiger partial charge < -0.3 is 30.0 Å². The van der Waals surface area contributed by atoms with Gasteiger partial charge in [-0.3, -0.25) is 0 Å². The maximum atomic E-state index is 10.3. The van der Waals surface area contributed by atoms with E-state index in [1.165, 1.54) is 48.5 Å². The third-order valence-electron chi connectivity index (χ3n) is 4.97. The third-order valence-corrected chi connectivity index (χ3v) is 6.67. The van der Waals surface area contributed by atoms with Crippen molar-refractivity contribution in [2.45, 2.75) is 9.79 Å². The van der Waals surface area contributed by atoms with Gasteiger partial charge in [0.05, 0.1) is 24.0 Å². The van der Waals surface area contributed by atoms with Crippen LogP contribution in [0.4, 0.5) is 11.4 Å². The van der Waals surface area contributed by atoms with Gasteiger partial charge in [0.1, 0.15) is 20.2 Å². The van der Waals surface area contributed by atoms with E-state index in [1.54, 1.807) is 26.4 Å². The van der Waals surface area contributed by atoms with Gasteiger partial charge in [-0.25, -0.2) is 16.8 Å². The van der Waals surface area contributed by atoms with Crippen molar-refractivity contribution in [3.05, 3.63) is 97.1 Å². The molecular weight excluding hydrogens is 532 g/mol. The summed E-state index contributed by atoms with van der Waals surface area (Å²) < 4.78 is 72.2. The number of benzene rings is 4. The fourth-order valence-electron chi connectivity index (χ4n) is 3.02. The minimum Gasteiger partial charge on any atom is -0.744 e. The van der Waals surface area contributed by atoms with Crippen LogP contribution < -0.4 is 20.9 Å². The Balaban J connectivity index is 0.000000216. The SMILES string of the molecule is COc1cc(-c2ccc([NH3+])c(OC)c2)ccc1[NH3+].O=S(=O)([O-])c1ccccc1.O=S(=O)([O-])c1ccccc1. The van der Waals surface area contributed by atoms with Gasteiger partial charge in [-0.05, 0) is 59.7 Å². The molecule has 4 aromatic rings. The van der Waals surface area contributed by atoms with Gasteiger partial charge in [-0.2, -0.15) is 0 Å². The average molecular weight is 561 g/mol. The third kappa shape index (κ3) is 9.27. The first kappa shape index (κ1) is 30.4. The Kier molecular flexibility index (Phi) is 11.0. The van der Waals surface area contributed by atoms with Crippen molar-refractivity contribution in [3.8, 4) is 22.6 Å². The zero-order valence-corrected chi connectivity index (χ0v) is 22.4. The highest BCUT2D eigenvalue weighted by atomic mass is 32.2. The Morgan fingerprint density at radius 1 is 0.553 bits per heavy atom. The molecule has 0 fully saturated rings. The molecule has 202 valence electrons. The summed E-state index contributed by atoms with van der Waals surface area (Å²) in [7, 11) is -5.21. The summed E-state index contributed by atoms with van der Waals surface area (Å²) in [5, 5.41) is 0. The van der Waals surface area contributed by atoms with Crippen molar-refractivity contribution < 1.29 is 46.9 Å². The minimum atomic E-state index is -4.25. The van der Waals surface area contributed by atoms with E-state index < -0.39 is 20.2 Å². The number of ether oxygens (including phenoxy) is 2. The summed E-state index contributed by atoms with van der Waals surface area (Å²) in [5.74, 6) is 1.57. The van der Waals surface area contributed by atoms with Crippen LogP contribution in [0, 0.1) is 0 Å². The van der Waals surface area contributed by atoms with Crippen LogP contribution in [0.25, 0.3) is 11.1 Å². The van der Waals surface area contributed by atoms with Crippen LogP contribution in [0.1, 0.15) is 0 Å². The number of methoxy groups -OCH3 is 2. The van der Waals surface area contributed by atoms with Gasteiger partial charge in [0.2, 0.25) is 0 Å². The van der Waals surface area contributed by atoms with E-state index in [9.17, 15) is 25.9 Å². The van der Waals surface area contributed by atoms with Gasteiger partial charge in [0.25, 0.3) is 0 Å². The molecule has 0 radical (unpaired) electrons. The molecule has 0 aromatic heterocycles. The molecule has 0 saturated heterocycles. The van der Waals surface area contributed by atoms with Crippen LogP contribution in [-0.4, -0.2) is 40.2 Å². The molecule has 12 heteroatoms. The lowest BCUT2D eigenvalue weighted by Gasteiger charge is -2.08. The smallest absolute Gasteiger partial charge is 0.180 e. The molecule has 4 rings (SSSR count). The zero-order chi connectivity index (χ0) is 28.3. The highest BCUT2D eigenvalue weighted by molar-refractivity contribution is 7.86. The van der Waals surface area contributed by atoms with Gasteiger partial charge in [-0.1, -0.05) is 36.4 Å². The van der Waals surface area contributed by atoms with Gasteiger partial charge >= 0.3 is 0 Å². The van der Waals surface area contributed by atoms with Crippen LogP contribution in [-0.2, 0) is 20.2 Å². The first-order chi connectivity index (χ1) is 17.9. The van der Waals surface area contributed by atoms with Crippen molar-refractivity contribution in [1.29, 1.82) is 0 Å². The lowest BCUT2D eigenvalue weighted by Crippen LogP contribution is -2.40. The molecule has 0 unspecified atom stereocenters. The number of hydrogen-bond acceptors (Lipinski definition) is 8. The van der Waals surface area contributed by atoms with E-state index in [1.807, 2.05) is 36.4 Å². The molecule has 0 bridgehead atoms.